The Morgan fingerprint density at radius 2 is 0.922 bits per heavy atom. The summed E-state index contributed by atoms with van der Waals surface area (Å²) in [4.78, 5) is 0. The molecule has 0 fully saturated rings. The lowest BCUT2D eigenvalue weighted by atomic mass is 9.89. The quantitative estimate of drug-likeness (QED) is 0.175. The highest BCUT2D eigenvalue weighted by molar-refractivity contribution is 6.35. The highest BCUT2D eigenvalue weighted by atomic mass is 16.3. The third kappa shape index (κ3) is 3.57. The number of rotatable bonds is 3. The van der Waals surface area contributed by atoms with Crippen LogP contribution >= 0.6 is 0 Å². The minimum Gasteiger partial charge on any atom is -0.456 e. The Hall–Kier alpha value is -6.84. The Bertz CT molecular complexity index is 3340. The lowest BCUT2D eigenvalue weighted by Crippen LogP contribution is -1.95. The fourth-order valence-electron chi connectivity index (χ4n) is 8.95. The molecule has 3 heteroatoms. The summed E-state index contributed by atoms with van der Waals surface area (Å²) in [5.74, 6) is 0. The second kappa shape index (κ2) is 9.87. The van der Waals surface area contributed by atoms with Gasteiger partial charge in [-0.1, -0.05) is 109 Å². The SMILES string of the molecule is c1ccc(-c2ccc3oc4cccc5c6ccc(-n7c8ccccc8c8cc9c(cc87)c7ccccc7n9-c7ccccc7)cc6c2c3c45)cc1. The van der Waals surface area contributed by atoms with Gasteiger partial charge >= 0.3 is 0 Å². The average Bonchev–Trinajstić information content (AvgIpc) is 3.85. The molecule has 0 aliphatic heterocycles. The standard InChI is InChI=1S/C48H28N2O/c1-3-12-29(13-4-1)32-24-25-45-48-46(32)39-26-31(22-23-33(39)36-18-11-21-44(51-45)47(36)48)50-41-20-10-8-17-35(41)38-27-42-37(28-43(38)50)34-16-7-9-19-40(34)49(42)30-14-5-2-6-15-30/h1-28H. The molecule has 0 bridgehead atoms. The number of para-hydroxylation sites is 3. The second-order valence-corrected chi connectivity index (χ2v) is 13.7. The van der Waals surface area contributed by atoms with Crippen molar-refractivity contribution in [1.82, 2.24) is 9.13 Å². The number of benzene rings is 9. The van der Waals surface area contributed by atoms with Crippen molar-refractivity contribution in [3.05, 3.63) is 170 Å². The normalized spacial score (nSPS) is 12.3. The van der Waals surface area contributed by atoms with Crippen LogP contribution in [0.2, 0.25) is 0 Å². The third-order valence-electron chi connectivity index (χ3n) is 11.0. The largest absolute Gasteiger partial charge is 0.456 e. The summed E-state index contributed by atoms with van der Waals surface area (Å²) in [6, 6.07) is 61.8. The molecule has 0 aliphatic rings. The molecular weight excluding hydrogens is 621 g/mol. The topological polar surface area (TPSA) is 23.0 Å². The first kappa shape index (κ1) is 27.0. The first-order valence-corrected chi connectivity index (χ1v) is 17.5. The van der Waals surface area contributed by atoms with E-state index in [2.05, 4.69) is 179 Å². The van der Waals surface area contributed by atoms with Gasteiger partial charge in [-0.3, -0.25) is 0 Å². The molecule has 12 aromatic rings. The minimum absolute atomic E-state index is 0.928. The van der Waals surface area contributed by atoms with Gasteiger partial charge < -0.3 is 13.6 Å². The van der Waals surface area contributed by atoms with Crippen LogP contribution in [0.5, 0.6) is 0 Å². The number of fused-ring (bicyclic) bond motifs is 9. The van der Waals surface area contributed by atoms with E-state index in [0.29, 0.717) is 0 Å². The van der Waals surface area contributed by atoms with Crippen molar-refractivity contribution in [3.63, 3.8) is 0 Å². The lowest BCUT2D eigenvalue weighted by Gasteiger charge is -2.15. The van der Waals surface area contributed by atoms with Crippen LogP contribution in [0.15, 0.2) is 174 Å². The van der Waals surface area contributed by atoms with Crippen molar-refractivity contribution in [2.75, 3.05) is 0 Å². The van der Waals surface area contributed by atoms with Gasteiger partial charge in [-0.2, -0.15) is 0 Å². The van der Waals surface area contributed by atoms with Crippen molar-refractivity contribution in [2.45, 2.75) is 0 Å². The summed E-state index contributed by atoms with van der Waals surface area (Å²) >= 11 is 0. The molecule has 0 spiro atoms. The molecule has 0 unspecified atom stereocenters. The van der Waals surface area contributed by atoms with E-state index in [1.54, 1.807) is 0 Å². The van der Waals surface area contributed by atoms with E-state index in [4.69, 9.17) is 4.42 Å². The number of aromatic nitrogens is 2. The molecule has 0 radical (unpaired) electrons. The Morgan fingerprint density at radius 1 is 0.314 bits per heavy atom. The van der Waals surface area contributed by atoms with Crippen LogP contribution in [-0.4, -0.2) is 9.13 Å². The number of hydrogen-bond donors (Lipinski definition) is 0. The van der Waals surface area contributed by atoms with Gasteiger partial charge in [0.2, 0.25) is 0 Å². The van der Waals surface area contributed by atoms with Crippen LogP contribution in [-0.2, 0) is 0 Å². The van der Waals surface area contributed by atoms with Crippen LogP contribution in [0.1, 0.15) is 0 Å². The van der Waals surface area contributed by atoms with Crippen molar-refractivity contribution >= 4 is 87.1 Å². The van der Waals surface area contributed by atoms with Gasteiger partial charge in [0, 0.05) is 49.1 Å². The third-order valence-corrected chi connectivity index (χ3v) is 11.0. The van der Waals surface area contributed by atoms with E-state index in [1.165, 1.54) is 92.7 Å². The molecule has 0 saturated carbocycles. The van der Waals surface area contributed by atoms with E-state index in [9.17, 15) is 0 Å². The highest BCUT2D eigenvalue weighted by Crippen LogP contribution is 2.47. The molecular formula is C48H28N2O. The van der Waals surface area contributed by atoms with E-state index in [-0.39, 0.29) is 0 Å². The van der Waals surface area contributed by atoms with E-state index in [1.807, 2.05) is 0 Å². The smallest absolute Gasteiger partial charge is 0.136 e. The summed E-state index contributed by atoms with van der Waals surface area (Å²) in [6.07, 6.45) is 0. The maximum atomic E-state index is 6.50. The average molecular weight is 649 g/mol. The first-order valence-electron chi connectivity index (χ1n) is 17.5. The van der Waals surface area contributed by atoms with Crippen LogP contribution < -0.4 is 0 Å². The fraction of sp³-hybridized carbons (Fsp3) is 0. The van der Waals surface area contributed by atoms with Gasteiger partial charge in [0.1, 0.15) is 11.2 Å². The molecule has 0 N–H and O–H groups in total. The molecule has 0 aliphatic carbocycles. The zero-order valence-corrected chi connectivity index (χ0v) is 27.5. The summed E-state index contributed by atoms with van der Waals surface area (Å²) in [5.41, 5.74) is 11.4. The predicted molar refractivity (Wildman–Crippen MR) is 214 cm³/mol. The Morgan fingerprint density at radius 3 is 1.65 bits per heavy atom. The van der Waals surface area contributed by atoms with Crippen molar-refractivity contribution in [3.8, 4) is 22.5 Å². The summed E-state index contributed by atoms with van der Waals surface area (Å²) in [6.45, 7) is 0. The molecule has 3 heterocycles. The molecule has 51 heavy (non-hydrogen) atoms. The molecule has 12 rings (SSSR count). The van der Waals surface area contributed by atoms with E-state index in [0.717, 1.165) is 16.9 Å². The zero-order chi connectivity index (χ0) is 33.2. The van der Waals surface area contributed by atoms with Gasteiger partial charge in [-0.15, -0.1) is 0 Å². The van der Waals surface area contributed by atoms with Gasteiger partial charge in [-0.05, 0) is 87.9 Å². The van der Waals surface area contributed by atoms with Crippen molar-refractivity contribution in [2.24, 2.45) is 0 Å². The van der Waals surface area contributed by atoms with Gasteiger partial charge in [0.05, 0.1) is 22.1 Å². The summed E-state index contributed by atoms with van der Waals surface area (Å²) < 4.78 is 11.4. The molecule has 0 amide bonds. The minimum atomic E-state index is 0.928. The monoisotopic (exact) mass is 648 g/mol. The highest BCUT2D eigenvalue weighted by Gasteiger charge is 2.22. The van der Waals surface area contributed by atoms with Gasteiger partial charge in [-0.25, -0.2) is 0 Å². The molecule has 9 aromatic carbocycles. The molecule has 3 aromatic heterocycles. The van der Waals surface area contributed by atoms with Crippen molar-refractivity contribution in [1.29, 1.82) is 0 Å². The Balaban J connectivity index is 1.23. The van der Waals surface area contributed by atoms with Gasteiger partial charge in [0.15, 0.2) is 0 Å². The fourth-order valence-corrected chi connectivity index (χ4v) is 8.95. The molecule has 3 nitrogen and oxygen atoms in total. The van der Waals surface area contributed by atoms with Crippen LogP contribution in [0.4, 0.5) is 0 Å². The Kier molecular flexibility index (Phi) is 5.23. The summed E-state index contributed by atoms with van der Waals surface area (Å²) in [7, 11) is 0. The Labute approximate surface area is 292 Å². The van der Waals surface area contributed by atoms with E-state index < -0.39 is 0 Å². The second-order valence-electron chi connectivity index (χ2n) is 13.7. The maximum Gasteiger partial charge on any atom is 0.136 e. The van der Waals surface area contributed by atoms with Gasteiger partial charge in [0.25, 0.3) is 0 Å². The zero-order valence-electron chi connectivity index (χ0n) is 27.5. The van der Waals surface area contributed by atoms with Crippen LogP contribution in [0.3, 0.4) is 0 Å². The molecule has 0 atom stereocenters. The summed E-state index contributed by atoms with van der Waals surface area (Å²) in [5, 5.41) is 12.3. The molecule has 0 saturated heterocycles. The predicted octanol–water partition coefficient (Wildman–Crippen LogP) is 13.2. The maximum absolute atomic E-state index is 6.50. The number of nitrogens with zero attached hydrogens (tertiary/aromatic N) is 2. The van der Waals surface area contributed by atoms with E-state index >= 15 is 0 Å². The molecule has 236 valence electrons. The lowest BCUT2D eigenvalue weighted by molar-refractivity contribution is 0.669. The van der Waals surface area contributed by atoms with Crippen LogP contribution in [0, 0.1) is 0 Å². The van der Waals surface area contributed by atoms with Crippen molar-refractivity contribution < 1.29 is 4.42 Å². The first-order chi connectivity index (χ1) is 25.3. The number of furan rings is 1. The number of hydrogen-bond acceptors (Lipinski definition) is 1. The van der Waals surface area contributed by atoms with Crippen LogP contribution in [0.25, 0.3) is 110 Å².